The molecule has 0 radical (unpaired) electrons. The fourth-order valence-corrected chi connectivity index (χ4v) is 4.62. The average molecular weight is 468 g/mol. The van der Waals surface area contributed by atoms with E-state index in [0.29, 0.717) is 54.1 Å². The Morgan fingerprint density at radius 2 is 1.91 bits per heavy atom. The van der Waals surface area contributed by atoms with Crippen LogP contribution in [0.15, 0.2) is 36.8 Å². The van der Waals surface area contributed by atoms with Crippen LogP contribution in [-0.4, -0.2) is 63.1 Å². The van der Waals surface area contributed by atoms with Crippen molar-refractivity contribution in [3.8, 4) is 0 Å². The summed E-state index contributed by atoms with van der Waals surface area (Å²) < 4.78 is 5.36. The van der Waals surface area contributed by atoms with Crippen LogP contribution < -0.4 is 10.6 Å². The first kappa shape index (κ1) is 21.8. The number of fused-ring (bicyclic) bond motifs is 1. The van der Waals surface area contributed by atoms with E-state index < -0.39 is 0 Å². The maximum Gasteiger partial charge on any atom is 0.225 e. The molecule has 1 saturated carbocycles. The van der Waals surface area contributed by atoms with Crippen molar-refractivity contribution in [3.63, 3.8) is 0 Å². The number of morpholine rings is 1. The maximum absolute atomic E-state index is 12.8. The summed E-state index contributed by atoms with van der Waals surface area (Å²) in [6, 6.07) is 7.66. The van der Waals surface area contributed by atoms with Crippen LogP contribution >= 0.6 is 11.6 Å². The lowest BCUT2D eigenvalue weighted by Crippen LogP contribution is -2.45. The number of carbonyl (C=O) groups excluding carboxylic acids is 1. The van der Waals surface area contributed by atoms with Crippen molar-refractivity contribution in [2.45, 2.75) is 31.7 Å². The van der Waals surface area contributed by atoms with Gasteiger partial charge in [-0.05, 0) is 43.9 Å². The SMILES string of the molecule is O=C([C@H]1CC[C@H](Nc2ncc3ncnc(Nc4cccc(Cl)c4)c3n2)CC1)N1CCOCC1. The van der Waals surface area contributed by atoms with Crippen LogP contribution in [0, 0.1) is 5.92 Å². The predicted octanol–water partition coefficient (Wildman–Crippen LogP) is 3.65. The molecule has 2 fully saturated rings. The summed E-state index contributed by atoms with van der Waals surface area (Å²) in [6.45, 7) is 2.69. The quantitative estimate of drug-likeness (QED) is 0.585. The summed E-state index contributed by atoms with van der Waals surface area (Å²) >= 11 is 6.10. The standard InChI is InChI=1S/C23H26ClN7O2/c24-16-2-1-3-18(12-16)28-21-20-19(26-14-27-21)13-25-23(30-20)29-17-6-4-15(5-7-17)22(32)31-8-10-33-11-9-31/h1-3,12-15,17H,4-11H2,(H,25,29,30)(H,26,27,28)/t15-,17-. The van der Waals surface area contributed by atoms with Crippen molar-refractivity contribution < 1.29 is 9.53 Å². The highest BCUT2D eigenvalue weighted by Crippen LogP contribution is 2.29. The second-order valence-electron chi connectivity index (χ2n) is 8.42. The smallest absolute Gasteiger partial charge is 0.225 e. The first-order valence-electron chi connectivity index (χ1n) is 11.3. The largest absolute Gasteiger partial charge is 0.378 e. The number of benzene rings is 1. The number of halogens is 1. The third-order valence-electron chi connectivity index (χ3n) is 6.20. The number of aromatic nitrogens is 4. The number of nitrogens with zero attached hydrogens (tertiary/aromatic N) is 5. The molecule has 5 rings (SSSR count). The molecular formula is C23H26ClN7O2. The van der Waals surface area contributed by atoms with Gasteiger partial charge in [0.25, 0.3) is 0 Å². The molecule has 2 N–H and O–H groups in total. The molecule has 0 unspecified atom stereocenters. The van der Waals surface area contributed by atoms with Gasteiger partial charge in [-0.15, -0.1) is 0 Å². The van der Waals surface area contributed by atoms with E-state index in [1.807, 2.05) is 29.2 Å². The van der Waals surface area contributed by atoms with Crippen LogP contribution in [0.3, 0.4) is 0 Å². The number of nitrogens with one attached hydrogen (secondary N) is 2. The Hall–Kier alpha value is -3.04. The van der Waals surface area contributed by atoms with E-state index in [-0.39, 0.29) is 17.9 Å². The maximum atomic E-state index is 12.8. The van der Waals surface area contributed by atoms with E-state index in [2.05, 4.69) is 30.6 Å². The van der Waals surface area contributed by atoms with Crippen LogP contribution in [0.5, 0.6) is 0 Å². The molecule has 1 amide bonds. The molecule has 0 spiro atoms. The molecule has 2 aromatic heterocycles. The number of rotatable bonds is 5. The van der Waals surface area contributed by atoms with E-state index in [0.717, 1.165) is 31.4 Å². The van der Waals surface area contributed by atoms with Crippen LogP contribution in [0.4, 0.5) is 17.5 Å². The highest BCUT2D eigenvalue weighted by molar-refractivity contribution is 6.30. The number of hydrogen-bond donors (Lipinski definition) is 2. The van der Waals surface area contributed by atoms with Gasteiger partial charge in [-0.2, -0.15) is 0 Å². The second kappa shape index (κ2) is 9.84. The first-order chi connectivity index (χ1) is 16.2. The summed E-state index contributed by atoms with van der Waals surface area (Å²) in [4.78, 5) is 32.5. The Bertz CT molecular complexity index is 1130. The summed E-state index contributed by atoms with van der Waals surface area (Å²) in [5.41, 5.74) is 2.10. The van der Waals surface area contributed by atoms with Gasteiger partial charge < -0.3 is 20.3 Å². The number of carbonyl (C=O) groups is 1. The minimum absolute atomic E-state index is 0.0978. The lowest BCUT2D eigenvalue weighted by molar-refractivity contribution is -0.140. The Balaban J connectivity index is 1.24. The van der Waals surface area contributed by atoms with Gasteiger partial charge in [-0.3, -0.25) is 4.79 Å². The fourth-order valence-electron chi connectivity index (χ4n) is 4.43. The van der Waals surface area contributed by atoms with E-state index in [1.54, 1.807) is 6.20 Å². The zero-order valence-electron chi connectivity index (χ0n) is 18.2. The molecule has 1 aliphatic carbocycles. The van der Waals surface area contributed by atoms with Gasteiger partial charge in [0, 0.05) is 35.8 Å². The van der Waals surface area contributed by atoms with Crippen LogP contribution in [0.25, 0.3) is 11.0 Å². The van der Waals surface area contributed by atoms with Crippen molar-refractivity contribution in [3.05, 3.63) is 41.8 Å². The van der Waals surface area contributed by atoms with Crippen LogP contribution in [0.1, 0.15) is 25.7 Å². The van der Waals surface area contributed by atoms with Crippen molar-refractivity contribution in [1.29, 1.82) is 0 Å². The number of ether oxygens (including phenoxy) is 1. The van der Waals surface area contributed by atoms with Gasteiger partial charge in [0.1, 0.15) is 17.4 Å². The third-order valence-corrected chi connectivity index (χ3v) is 6.43. The van der Waals surface area contributed by atoms with Crippen LogP contribution in [-0.2, 0) is 9.53 Å². The zero-order chi connectivity index (χ0) is 22.6. The molecule has 9 nitrogen and oxygen atoms in total. The summed E-state index contributed by atoms with van der Waals surface area (Å²) in [7, 11) is 0. The highest BCUT2D eigenvalue weighted by Gasteiger charge is 2.30. The molecule has 2 aliphatic rings. The van der Waals surface area contributed by atoms with Gasteiger partial charge in [0.2, 0.25) is 11.9 Å². The molecular weight excluding hydrogens is 442 g/mol. The van der Waals surface area contributed by atoms with E-state index >= 15 is 0 Å². The lowest BCUT2D eigenvalue weighted by Gasteiger charge is -2.34. The van der Waals surface area contributed by atoms with Crippen molar-refractivity contribution >= 4 is 46.0 Å². The number of anilines is 3. The van der Waals surface area contributed by atoms with Gasteiger partial charge in [0.05, 0.1) is 19.4 Å². The molecule has 1 aliphatic heterocycles. The highest BCUT2D eigenvalue weighted by atomic mass is 35.5. The molecule has 1 aromatic carbocycles. The number of amides is 1. The van der Waals surface area contributed by atoms with Gasteiger partial charge >= 0.3 is 0 Å². The fraction of sp³-hybridized carbons (Fsp3) is 0.435. The Labute approximate surface area is 196 Å². The monoisotopic (exact) mass is 467 g/mol. The predicted molar refractivity (Wildman–Crippen MR) is 127 cm³/mol. The molecule has 1 saturated heterocycles. The molecule has 33 heavy (non-hydrogen) atoms. The summed E-state index contributed by atoms with van der Waals surface area (Å²) in [5.74, 6) is 1.50. The normalized spacial score (nSPS) is 21.1. The van der Waals surface area contributed by atoms with E-state index in [4.69, 9.17) is 16.3 Å². The Morgan fingerprint density at radius 3 is 2.70 bits per heavy atom. The molecule has 3 heterocycles. The molecule has 172 valence electrons. The molecule has 0 atom stereocenters. The topological polar surface area (TPSA) is 105 Å². The van der Waals surface area contributed by atoms with Gasteiger partial charge in [-0.25, -0.2) is 19.9 Å². The van der Waals surface area contributed by atoms with E-state index in [1.165, 1.54) is 6.33 Å². The Kier molecular flexibility index (Phi) is 6.50. The van der Waals surface area contributed by atoms with E-state index in [9.17, 15) is 4.79 Å². The summed E-state index contributed by atoms with van der Waals surface area (Å²) in [5, 5.41) is 7.34. The van der Waals surface area contributed by atoms with Gasteiger partial charge in [-0.1, -0.05) is 17.7 Å². The van der Waals surface area contributed by atoms with Gasteiger partial charge in [0.15, 0.2) is 5.82 Å². The zero-order valence-corrected chi connectivity index (χ0v) is 19.0. The van der Waals surface area contributed by atoms with Crippen molar-refractivity contribution in [2.75, 3.05) is 36.9 Å². The molecule has 10 heteroatoms. The first-order valence-corrected chi connectivity index (χ1v) is 11.7. The minimum atomic E-state index is 0.0978. The summed E-state index contributed by atoms with van der Waals surface area (Å²) in [6.07, 6.45) is 6.72. The van der Waals surface area contributed by atoms with Crippen molar-refractivity contribution in [1.82, 2.24) is 24.8 Å². The molecule has 3 aromatic rings. The second-order valence-corrected chi connectivity index (χ2v) is 8.85. The molecule has 0 bridgehead atoms. The lowest BCUT2D eigenvalue weighted by atomic mass is 9.85. The Morgan fingerprint density at radius 1 is 1.09 bits per heavy atom. The van der Waals surface area contributed by atoms with Crippen LogP contribution in [0.2, 0.25) is 5.02 Å². The third kappa shape index (κ3) is 5.15. The van der Waals surface area contributed by atoms with Crippen molar-refractivity contribution in [2.24, 2.45) is 5.92 Å². The number of hydrogen-bond acceptors (Lipinski definition) is 8. The average Bonchev–Trinajstić information content (AvgIpc) is 2.85. The minimum Gasteiger partial charge on any atom is -0.378 e.